The molecule has 0 saturated carbocycles. The van der Waals surface area contributed by atoms with Gasteiger partial charge in [-0.1, -0.05) is 64.1 Å². The van der Waals surface area contributed by atoms with Gasteiger partial charge in [-0.3, -0.25) is 0 Å². The Morgan fingerprint density at radius 2 is 1.53 bits per heavy atom. The highest BCUT2D eigenvalue weighted by molar-refractivity contribution is 5.67. The summed E-state index contributed by atoms with van der Waals surface area (Å²) in [4.78, 5) is 0. The molecule has 1 aliphatic rings. The monoisotopic (exact) mass is 228 g/mol. The largest absolute Gasteiger partial charge is 0.0802 e. The molecule has 1 aromatic carbocycles. The predicted octanol–water partition coefficient (Wildman–Crippen LogP) is 5.02. The van der Waals surface area contributed by atoms with Crippen molar-refractivity contribution < 1.29 is 0 Å². The first-order valence-electron chi connectivity index (χ1n) is 6.86. The quantitative estimate of drug-likeness (QED) is 0.633. The van der Waals surface area contributed by atoms with Crippen LogP contribution >= 0.6 is 0 Å². The standard InChI is InChI=1S/C17H24/c1-12-10-11-17(15(4)14(3)13(12)2)16-8-6-5-7-9-16/h5-9,11-15H,10H2,1-4H3/t12-,13+,14+,15+/m1/s1. The van der Waals surface area contributed by atoms with Crippen LogP contribution in [-0.4, -0.2) is 0 Å². The first kappa shape index (κ1) is 12.4. The van der Waals surface area contributed by atoms with Gasteiger partial charge in [-0.25, -0.2) is 0 Å². The van der Waals surface area contributed by atoms with E-state index in [2.05, 4.69) is 64.1 Å². The molecule has 2 rings (SSSR count). The third-order valence-electron chi connectivity index (χ3n) is 4.82. The SMILES string of the molecule is C[C@@H]1[C@H](C)[C@H](C)C(c2ccccc2)=CC[C@H]1C. The van der Waals surface area contributed by atoms with Crippen molar-refractivity contribution in [3.05, 3.63) is 42.0 Å². The Morgan fingerprint density at radius 3 is 2.18 bits per heavy atom. The zero-order valence-electron chi connectivity index (χ0n) is 11.5. The molecule has 0 aliphatic heterocycles. The summed E-state index contributed by atoms with van der Waals surface area (Å²) in [6, 6.07) is 10.9. The first-order valence-corrected chi connectivity index (χ1v) is 6.86. The maximum Gasteiger partial charge on any atom is -0.0159 e. The van der Waals surface area contributed by atoms with E-state index in [1.165, 1.54) is 12.0 Å². The van der Waals surface area contributed by atoms with Crippen molar-refractivity contribution >= 4 is 5.57 Å². The Hall–Kier alpha value is -1.04. The van der Waals surface area contributed by atoms with Crippen LogP contribution in [0.5, 0.6) is 0 Å². The molecule has 92 valence electrons. The fourth-order valence-electron chi connectivity index (χ4n) is 2.98. The van der Waals surface area contributed by atoms with Crippen LogP contribution < -0.4 is 0 Å². The summed E-state index contributed by atoms with van der Waals surface area (Å²) in [6.07, 6.45) is 3.70. The Labute approximate surface area is 106 Å². The molecule has 0 heteroatoms. The van der Waals surface area contributed by atoms with Crippen LogP contribution in [0.4, 0.5) is 0 Å². The van der Waals surface area contributed by atoms with E-state index in [1.54, 1.807) is 5.57 Å². The molecule has 0 aromatic heterocycles. The Balaban J connectivity index is 2.34. The molecule has 0 heterocycles. The molecule has 0 N–H and O–H groups in total. The van der Waals surface area contributed by atoms with Crippen LogP contribution in [0.2, 0.25) is 0 Å². The van der Waals surface area contributed by atoms with Crippen LogP contribution in [0.25, 0.3) is 5.57 Å². The van der Waals surface area contributed by atoms with E-state index in [0.29, 0.717) is 5.92 Å². The molecule has 0 amide bonds. The maximum atomic E-state index is 2.48. The van der Waals surface area contributed by atoms with Gasteiger partial charge < -0.3 is 0 Å². The lowest BCUT2D eigenvalue weighted by Gasteiger charge is -2.28. The minimum atomic E-state index is 0.664. The number of allylic oxidation sites excluding steroid dienone is 2. The Morgan fingerprint density at radius 1 is 0.882 bits per heavy atom. The van der Waals surface area contributed by atoms with E-state index in [1.807, 2.05) is 0 Å². The fourth-order valence-corrected chi connectivity index (χ4v) is 2.98. The second-order valence-corrected chi connectivity index (χ2v) is 5.75. The van der Waals surface area contributed by atoms with Gasteiger partial charge in [0.15, 0.2) is 0 Å². The average Bonchev–Trinajstić information content (AvgIpc) is 2.45. The minimum absolute atomic E-state index is 0.664. The lowest BCUT2D eigenvalue weighted by atomic mass is 9.77. The summed E-state index contributed by atoms with van der Waals surface area (Å²) in [5, 5.41) is 0. The highest BCUT2D eigenvalue weighted by Crippen LogP contribution is 2.40. The van der Waals surface area contributed by atoms with E-state index in [-0.39, 0.29) is 0 Å². The Bertz CT molecular complexity index is 388. The molecule has 0 spiro atoms. The second-order valence-electron chi connectivity index (χ2n) is 5.75. The van der Waals surface area contributed by atoms with E-state index >= 15 is 0 Å². The molecule has 0 saturated heterocycles. The number of benzene rings is 1. The number of rotatable bonds is 1. The fraction of sp³-hybridized carbons (Fsp3) is 0.529. The molecule has 0 nitrogen and oxygen atoms in total. The lowest BCUT2D eigenvalue weighted by Crippen LogP contribution is -2.20. The van der Waals surface area contributed by atoms with E-state index in [0.717, 1.165) is 17.8 Å². The van der Waals surface area contributed by atoms with Gasteiger partial charge in [-0.2, -0.15) is 0 Å². The third kappa shape index (κ3) is 2.46. The van der Waals surface area contributed by atoms with Crippen LogP contribution in [0, 0.1) is 23.7 Å². The summed E-state index contributed by atoms with van der Waals surface area (Å²) in [7, 11) is 0. The van der Waals surface area contributed by atoms with Crippen LogP contribution in [0.1, 0.15) is 39.7 Å². The number of hydrogen-bond acceptors (Lipinski definition) is 0. The van der Waals surface area contributed by atoms with Gasteiger partial charge in [0.2, 0.25) is 0 Å². The normalized spacial score (nSPS) is 34.0. The number of hydrogen-bond donors (Lipinski definition) is 0. The van der Waals surface area contributed by atoms with E-state index in [4.69, 9.17) is 0 Å². The smallest absolute Gasteiger partial charge is 0.0159 e. The molecule has 1 aliphatic carbocycles. The van der Waals surface area contributed by atoms with Gasteiger partial charge in [0.05, 0.1) is 0 Å². The summed E-state index contributed by atoms with van der Waals surface area (Å²) in [6.45, 7) is 9.60. The van der Waals surface area contributed by atoms with Gasteiger partial charge in [-0.05, 0) is 41.2 Å². The summed E-state index contributed by atoms with van der Waals surface area (Å²) < 4.78 is 0. The molecular formula is C17H24. The molecule has 0 unspecified atom stereocenters. The topological polar surface area (TPSA) is 0 Å². The first-order chi connectivity index (χ1) is 8.11. The van der Waals surface area contributed by atoms with E-state index < -0.39 is 0 Å². The van der Waals surface area contributed by atoms with Crippen LogP contribution in [0.15, 0.2) is 36.4 Å². The summed E-state index contributed by atoms with van der Waals surface area (Å²) >= 11 is 0. The minimum Gasteiger partial charge on any atom is -0.0802 e. The summed E-state index contributed by atoms with van der Waals surface area (Å²) in [5.41, 5.74) is 2.96. The second kappa shape index (κ2) is 5.08. The van der Waals surface area contributed by atoms with Crippen molar-refractivity contribution in [2.75, 3.05) is 0 Å². The molecule has 0 radical (unpaired) electrons. The highest BCUT2D eigenvalue weighted by Gasteiger charge is 2.28. The zero-order chi connectivity index (χ0) is 12.4. The zero-order valence-corrected chi connectivity index (χ0v) is 11.5. The van der Waals surface area contributed by atoms with Crippen molar-refractivity contribution in [3.63, 3.8) is 0 Å². The van der Waals surface area contributed by atoms with Crippen LogP contribution in [0.3, 0.4) is 0 Å². The van der Waals surface area contributed by atoms with Gasteiger partial charge in [0.25, 0.3) is 0 Å². The van der Waals surface area contributed by atoms with Gasteiger partial charge in [0, 0.05) is 0 Å². The molecule has 1 aromatic rings. The molecule has 17 heavy (non-hydrogen) atoms. The maximum absolute atomic E-state index is 2.48. The van der Waals surface area contributed by atoms with Crippen molar-refractivity contribution in [3.8, 4) is 0 Å². The molecule has 4 atom stereocenters. The van der Waals surface area contributed by atoms with Crippen molar-refractivity contribution in [1.29, 1.82) is 0 Å². The molecular weight excluding hydrogens is 204 g/mol. The van der Waals surface area contributed by atoms with Crippen molar-refractivity contribution in [2.24, 2.45) is 23.7 Å². The van der Waals surface area contributed by atoms with Gasteiger partial charge in [0.1, 0.15) is 0 Å². The van der Waals surface area contributed by atoms with Gasteiger partial charge >= 0.3 is 0 Å². The van der Waals surface area contributed by atoms with Crippen molar-refractivity contribution in [1.82, 2.24) is 0 Å². The highest BCUT2D eigenvalue weighted by atomic mass is 14.3. The Kier molecular flexibility index (Phi) is 3.71. The average molecular weight is 228 g/mol. The van der Waals surface area contributed by atoms with Crippen LogP contribution in [-0.2, 0) is 0 Å². The lowest BCUT2D eigenvalue weighted by molar-refractivity contribution is 0.252. The van der Waals surface area contributed by atoms with Gasteiger partial charge in [-0.15, -0.1) is 0 Å². The molecule has 0 fully saturated rings. The third-order valence-corrected chi connectivity index (χ3v) is 4.82. The predicted molar refractivity (Wildman–Crippen MR) is 75.7 cm³/mol. The molecule has 0 bridgehead atoms. The van der Waals surface area contributed by atoms with Crippen molar-refractivity contribution in [2.45, 2.75) is 34.1 Å². The summed E-state index contributed by atoms with van der Waals surface area (Å²) in [5.74, 6) is 3.03. The van der Waals surface area contributed by atoms with E-state index in [9.17, 15) is 0 Å².